The van der Waals surface area contributed by atoms with Crippen LogP contribution in [0.3, 0.4) is 0 Å². The van der Waals surface area contributed by atoms with Crippen LogP contribution in [-0.2, 0) is 4.79 Å². The van der Waals surface area contributed by atoms with Gasteiger partial charge in [0.05, 0.1) is 12.2 Å². The summed E-state index contributed by atoms with van der Waals surface area (Å²) in [5.41, 5.74) is 3.59. The molecule has 2 aromatic rings. The Bertz CT molecular complexity index is 982. The number of hydrogen-bond acceptors (Lipinski definition) is 6. The second kappa shape index (κ2) is 9.15. The van der Waals surface area contributed by atoms with Gasteiger partial charge in [0.2, 0.25) is 0 Å². The lowest BCUT2D eigenvalue weighted by Crippen LogP contribution is -2.47. The number of amides is 2. The van der Waals surface area contributed by atoms with Crippen molar-refractivity contribution in [2.75, 3.05) is 49.5 Å². The summed E-state index contributed by atoms with van der Waals surface area (Å²) in [6.07, 6.45) is 1.65. The Labute approximate surface area is 188 Å². The van der Waals surface area contributed by atoms with Crippen molar-refractivity contribution in [1.82, 2.24) is 10.2 Å². The van der Waals surface area contributed by atoms with E-state index in [-0.39, 0.29) is 12.5 Å². The molecule has 0 aliphatic carbocycles. The van der Waals surface area contributed by atoms with Crippen LogP contribution in [0.5, 0.6) is 0 Å². The molecule has 156 valence electrons. The number of rotatable bonds is 5. The maximum Gasteiger partial charge on any atom is 0.260 e. The number of nitrogens with zero attached hydrogens (tertiary/aromatic N) is 2. The molecule has 0 unspecified atom stereocenters. The van der Waals surface area contributed by atoms with Crippen LogP contribution in [-0.4, -0.2) is 61.2 Å². The first-order valence-electron chi connectivity index (χ1n) is 9.85. The summed E-state index contributed by atoms with van der Waals surface area (Å²) in [6, 6.07) is 13.5. The van der Waals surface area contributed by atoms with Gasteiger partial charge in [0.25, 0.3) is 11.8 Å². The van der Waals surface area contributed by atoms with E-state index in [1.165, 1.54) is 0 Å². The second-order valence-corrected chi connectivity index (χ2v) is 8.52. The number of imide groups is 1. The van der Waals surface area contributed by atoms with E-state index in [2.05, 4.69) is 55.2 Å². The van der Waals surface area contributed by atoms with Crippen molar-refractivity contribution in [2.24, 2.45) is 0 Å². The minimum Gasteiger partial charge on any atom is -0.395 e. The van der Waals surface area contributed by atoms with Crippen LogP contribution >= 0.6 is 22.6 Å². The van der Waals surface area contributed by atoms with E-state index >= 15 is 0 Å². The Morgan fingerprint density at radius 3 is 2.43 bits per heavy atom. The molecule has 7 nitrogen and oxygen atoms in total. The molecule has 30 heavy (non-hydrogen) atoms. The van der Waals surface area contributed by atoms with E-state index in [1.54, 1.807) is 12.3 Å². The van der Waals surface area contributed by atoms with Gasteiger partial charge in [-0.3, -0.25) is 19.8 Å². The van der Waals surface area contributed by atoms with Crippen LogP contribution in [0.4, 0.5) is 11.4 Å². The molecule has 2 heterocycles. The average molecular weight is 518 g/mol. The summed E-state index contributed by atoms with van der Waals surface area (Å²) in [4.78, 5) is 29.0. The topological polar surface area (TPSA) is 84.9 Å². The molecule has 3 N–H and O–H groups in total. The molecule has 0 aromatic heterocycles. The molecule has 0 spiro atoms. The fourth-order valence-electron chi connectivity index (χ4n) is 3.74. The highest BCUT2D eigenvalue weighted by Crippen LogP contribution is 2.26. The zero-order chi connectivity index (χ0) is 21.1. The molecule has 0 radical (unpaired) electrons. The average Bonchev–Trinajstić information content (AvgIpc) is 2.74. The molecular formula is C22H23IN4O3. The highest BCUT2D eigenvalue weighted by atomic mass is 127. The monoisotopic (exact) mass is 518 g/mol. The second-order valence-electron chi connectivity index (χ2n) is 7.27. The lowest BCUT2D eigenvalue weighted by atomic mass is 9.95. The van der Waals surface area contributed by atoms with Gasteiger partial charge in [0.15, 0.2) is 0 Å². The van der Waals surface area contributed by atoms with E-state index in [1.807, 2.05) is 24.3 Å². The Hall–Kier alpha value is -2.43. The number of nitrogens with one attached hydrogen (secondary N) is 2. The largest absolute Gasteiger partial charge is 0.395 e. The third-order valence-corrected chi connectivity index (χ3v) is 6.06. The number of fused-ring (bicyclic) bond motifs is 1. The van der Waals surface area contributed by atoms with Crippen molar-refractivity contribution in [3.8, 4) is 0 Å². The zero-order valence-corrected chi connectivity index (χ0v) is 18.6. The Kier molecular flexibility index (Phi) is 6.35. The number of anilines is 2. The Morgan fingerprint density at radius 2 is 1.73 bits per heavy atom. The molecule has 1 saturated heterocycles. The van der Waals surface area contributed by atoms with Gasteiger partial charge < -0.3 is 15.3 Å². The zero-order valence-electron chi connectivity index (χ0n) is 16.4. The molecule has 2 aromatic carbocycles. The van der Waals surface area contributed by atoms with Crippen molar-refractivity contribution in [3.63, 3.8) is 0 Å². The summed E-state index contributed by atoms with van der Waals surface area (Å²) in [7, 11) is 0. The number of aliphatic hydroxyl groups is 1. The normalized spacial score (nSPS) is 18.3. The smallest absolute Gasteiger partial charge is 0.260 e. The number of benzene rings is 2. The summed E-state index contributed by atoms with van der Waals surface area (Å²) < 4.78 is 0.961. The maximum atomic E-state index is 12.4. The summed E-state index contributed by atoms with van der Waals surface area (Å²) in [5.74, 6) is -0.772. The number of carbonyl (C=O) groups is 2. The molecule has 0 bridgehead atoms. The van der Waals surface area contributed by atoms with Crippen LogP contribution in [0.1, 0.15) is 15.9 Å². The lowest BCUT2D eigenvalue weighted by molar-refractivity contribution is -0.114. The van der Waals surface area contributed by atoms with Gasteiger partial charge in [-0.2, -0.15) is 0 Å². The van der Waals surface area contributed by atoms with Gasteiger partial charge in [-0.05, 0) is 65.1 Å². The van der Waals surface area contributed by atoms with Gasteiger partial charge in [-0.15, -0.1) is 0 Å². The minimum atomic E-state index is -0.403. The molecule has 0 atom stereocenters. The van der Waals surface area contributed by atoms with Crippen molar-refractivity contribution < 1.29 is 14.7 Å². The van der Waals surface area contributed by atoms with Crippen LogP contribution in [0, 0.1) is 3.57 Å². The molecule has 2 amide bonds. The molecular weight excluding hydrogens is 495 g/mol. The standard InChI is InChI=1S/C22H23IN4O3/c23-15-1-6-18-19(13-15)20(22(30)25-21(18)29)14-24-16-2-4-17(5-3-16)27-9-7-26(8-10-27)11-12-28/h1-6,13-14,24,28H,7-12H2,(H,25,29,30). The van der Waals surface area contributed by atoms with Crippen LogP contribution < -0.4 is 15.5 Å². The quantitative estimate of drug-likeness (QED) is 0.320. The number of aliphatic hydroxyl groups excluding tert-OH is 1. The van der Waals surface area contributed by atoms with E-state index in [0.29, 0.717) is 16.7 Å². The number of halogens is 1. The molecule has 0 saturated carbocycles. The van der Waals surface area contributed by atoms with Gasteiger partial charge in [0, 0.05) is 65.0 Å². The number of hydrogen-bond donors (Lipinski definition) is 3. The molecule has 8 heteroatoms. The highest BCUT2D eigenvalue weighted by molar-refractivity contribution is 14.1. The molecule has 2 aliphatic heterocycles. The van der Waals surface area contributed by atoms with E-state index in [0.717, 1.165) is 47.7 Å². The van der Waals surface area contributed by atoms with Gasteiger partial charge in [0.1, 0.15) is 0 Å². The first-order chi connectivity index (χ1) is 14.5. The minimum absolute atomic E-state index is 0.200. The van der Waals surface area contributed by atoms with E-state index < -0.39 is 5.91 Å². The fourth-order valence-corrected chi connectivity index (χ4v) is 4.23. The van der Waals surface area contributed by atoms with E-state index in [4.69, 9.17) is 5.11 Å². The Balaban J connectivity index is 1.46. The van der Waals surface area contributed by atoms with Crippen LogP contribution in [0.25, 0.3) is 5.57 Å². The third kappa shape index (κ3) is 4.50. The van der Waals surface area contributed by atoms with Crippen LogP contribution in [0.2, 0.25) is 0 Å². The highest BCUT2D eigenvalue weighted by Gasteiger charge is 2.27. The molecule has 4 rings (SSSR count). The predicted molar refractivity (Wildman–Crippen MR) is 125 cm³/mol. The summed E-state index contributed by atoms with van der Waals surface area (Å²) in [6.45, 7) is 4.68. The summed E-state index contributed by atoms with van der Waals surface area (Å²) >= 11 is 2.17. The first kappa shape index (κ1) is 20.8. The Morgan fingerprint density at radius 1 is 1.00 bits per heavy atom. The van der Waals surface area contributed by atoms with Gasteiger partial charge >= 0.3 is 0 Å². The fraction of sp³-hybridized carbons (Fsp3) is 0.273. The van der Waals surface area contributed by atoms with Crippen molar-refractivity contribution in [2.45, 2.75) is 0 Å². The van der Waals surface area contributed by atoms with Crippen molar-refractivity contribution >= 4 is 51.4 Å². The summed E-state index contributed by atoms with van der Waals surface area (Å²) in [5, 5.41) is 14.6. The third-order valence-electron chi connectivity index (χ3n) is 5.39. The van der Waals surface area contributed by atoms with E-state index in [9.17, 15) is 9.59 Å². The predicted octanol–water partition coefficient (Wildman–Crippen LogP) is 2.13. The first-order valence-corrected chi connectivity index (χ1v) is 10.9. The lowest BCUT2D eigenvalue weighted by Gasteiger charge is -2.35. The molecule has 1 fully saturated rings. The van der Waals surface area contributed by atoms with Gasteiger partial charge in [-0.1, -0.05) is 0 Å². The number of β-amino-alcohol motifs (C(OH)–C–C–N with tert-alkyl or cyclic N) is 1. The van der Waals surface area contributed by atoms with Crippen molar-refractivity contribution in [3.05, 3.63) is 63.4 Å². The number of piperazine rings is 1. The van der Waals surface area contributed by atoms with Crippen LogP contribution in [0.15, 0.2) is 48.7 Å². The maximum absolute atomic E-state index is 12.4. The van der Waals surface area contributed by atoms with Crippen molar-refractivity contribution in [1.29, 1.82) is 0 Å². The number of carbonyl (C=O) groups excluding carboxylic acids is 2. The van der Waals surface area contributed by atoms with Gasteiger partial charge in [-0.25, -0.2) is 0 Å². The molecule has 2 aliphatic rings. The SMILES string of the molecule is O=C1NC(=O)c2ccc(I)cc2C1=CNc1ccc(N2CCN(CCO)CC2)cc1.